The van der Waals surface area contributed by atoms with Crippen molar-refractivity contribution in [1.82, 2.24) is 14.8 Å². The number of hydrogen-bond acceptors (Lipinski definition) is 3. The quantitative estimate of drug-likeness (QED) is 0.797. The molecule has 4 nitrogen and oxygen atoms in total. The van der Waals surface area contributed by atoms with E-state index in [1.807, 2.05) is 0 Å². The van der Waals surface area contributed by atoms with Crippen molar-refractivity contribution >= 4 is 0 Å². The molecule has 2 fully saturated rings. The lowest BCUT2D eigenvalue weighted by molar-refractivity contribution is 0.340. The molecule has 1 aromatic rings. The monoisotopic (exact) mass is 232 g/mol. The summed E-state index contributed by atoms with van der Waals surface area (Å²) in [6, 6.07) is 0.337. The highest BCUT2D eigenvalue weighted by Crippen LogP contribution is 2.51. The molecular formula is C13H20N4. The molecular weight excluding hydrogens is 212 g/mol. The van der Waals surface area contributed by atoms with Crippen LogP contribution in [0.2, 0.25) is 0 Å². The van der Waals surface area contributed by atoms with Gasteiger partial charge in [-0.05, 0) is 43.9 Å². The molecule has 0 saturated heterocycles. The molecule has 0 aromatic carbocycles. The van der Waals surface area contributed by atoms with Gasteiger partial charge in [-0.2, -0.15) is 0 Å². The van der Waals surface area contributed by atoms with Crippen LogP contribution in [0.3, 0.4) is 0 Å². The van der Waals surface area contributed by atoms with Crippen molar-refractivity contribution in [3.63, 3.8) is 0 Å². The van der Waals surface area contributed by atoms with Gasteiger partial charge in [0.15, 0.2) is 0 Å². The lowest BCUT2D eigenvalue weighted by Gasteiger charge is -2.28. The summed E-state index contributed by atoms with van der Waals surface area (Å²) in [4.78, 5) is 0. The normalized spacial score (nSPS) is 39.6. The predicted octanol–water partition coefficient (Wildman–Crippen LogP) is 1.46. The minimum atomic E-state index is 0.337. The van der Waals surface area contributed by atoms with E-state index < -0.39 is 0 Å². The molecule has 4 unspecified atom stereocenters. The maximum atomic E-state index is 6.41. The first-order valence-corrected chi connectivity index (χ1v) is 7.02. The smallest absolute Gasteiger partial charge is 0.137 e. The first-order valence-electron chi connectivity index (χ1n) is 7.02. The van der Waals surface area contributed by atoms with Gasteiger partial charge in [-0.25, -0.2) is 0 Å². The molecule has 92 valence electrons. The minimum absolute atomic E-state index is 0.337. The van der Waals surface area contributed by atoms with Crippen molar-refractivity contribution < 1.29 is 0 Å². The van der Waals surface area contributed by atoms with Crippen LogP contribution in [0, 0.1) is 11.8 Å². The summed E-state index contributed by atoms with van der Waals surface area (Å²) < 4.78 is 2.37. The third-order valence-electron chi connectivity index (χ3n) is 5.17. The largest absolute Gasteiger partial charge is 0.327 e. The van der Waals surface area contributed by atoms with Crippen molar-refractivity contribution in [2.75, 3.05) is 0 Å². The number of nitrogens with zero attached hydrogens (tertiary/aromatic N) is 3. The molecule has 0 spiro atoms. The van der Waals surface area contributed by atoms with Crippen LogP contribution in [0.25, 0.3) is 0 Å². The fraction of sp³-hybridized carbons (Fsp3) is 0.846. The Kier molecular flexibility index (Phi) is 2.10. The lowest BCUT2D eigenvalue weighted by Crippen LogP contribution is -2.36. The van der Waals surface area contributed by atoms with Gasteiger partial charge >= 0.3 is 0 Å². The summed E-state index contributed by atoms with van der Waals surface area (Å²) in [6.07, 6.45) is 7.65. The maximum Gasteiger partial charge on any atom is 0.137 e. The van der Waals surface area contributed by atoms with Crippen LogP contribution in [0.5, 0.6) is 0 Å². The molecule has 2 bridgehead atoms. The van der Waals surface area contributed by atoms with Gasteiger partial charge in [0, 0.05) is 24.9 Å². The van der Waals surface area contributed by atoms with Crippen LogP contribution in [-0.2, 0) is 13.0 Å². The van der Waals surface area contributed by atoms with E-state index in [4.69, 9.17) is 5.73 Å². The summed E-state index contributed by atoms with van der Waals surface area (Å²) in [5.74, 6) is 4.43. The number of nitrogens with two attached hydrogens (primary N) is 1. The van der Waals surface area contributed by atoms with Crippen LogP contribution in [-0.4, -0.2) is 20.8 Å². The van der Waals surface area contributed by atoms with E-state index in [-0.39, 0.29) is 0 Å². The van der Waals surface area contributed by atoms with Crippen molar-refractivity contribution in [2.24, 2.45) is 17.6 Å². The zero-order chi connectivity index (χ0) is 11.4. The number of fused-ring (bicyclic) bond motifs is 3. The Labute approximate surface area is 102 Å². The first kappa shape index (κ1) is 10.1. The zero-order valence-electron chi connectivity index (χ0n) is 10.2. The summed E-state index contributed by atoms with van der Waals surface area (Å²) >= 11 is 0. The minimum Gasteiger partial charge on any atom is -0.327 e. The molecule has 2 heterocycles. The summed E-state index contributed by atoms with van der Waals surface area (Å²) in [7, 11) is 0. The molecule has 2 saturated carbocycles. The second-order valence-corrected chi connectivity index (χ2v) is 6.02. The average molecular weight is 232 g/mol. The Bertz CT molecular complexity index is 437. The molecule has 2 aliphatic carbocycles. The molecule has 3 aliphatic rings. The van der Waals surface area contributed by atoms with Crippen LogP contribution >= 0.6 is 0 Å². The average Bonchev–Trinajstić information content (AvgIpc) is 3.02. The first-order chi connectivity index (χ1) is 8.34. The number of aryl methyl sites for hydroxylation is 1. The van der Waals surface area contributed by atoms with E-state index in [0.29, 0.717) is 12.0 Å². The Morgan fingerprint density at radius 1 is 1.12 bits per heavy atom. The van der Waals surface area contributed by atoms with Gasteiger partial charge in [0.1, 0.15) is 11.6 Å². The fourth-order valence-corrected chi connectivity index (χ4v) is 4.30. The highest BCUT2D eigenvalue weighted by molar-refractivity contribution is 5.15. The number of aromatic nitrogens is 3. The van der Waals surface area contributed by atoms with Crippen LogP contribution < -0.4 is 5.73 Å². The second-order valence-electron chi connectivity index (χ2n) is 6.02. The Hall–Kier alpha value is -0.900. The van der Waals surface area contributed by atoms with E-state index in [2.05, 4.69) is 14.8 Å². The number of hydrogen-bond donors (Lipinski definition) is 1. The highest BCUT2D eigenvalue weighted by Gasteiger charge is 2.48. The molecule has 17 heavy (non-hydrogen) atoms. The third kappa shape index (κ3) is 1.33. The fourth-order valence-electron chi connectivity index (χ4n) is 4.30. The van der Waals surface area contributed by atoms with Crippen LogP contribution in [0.4, 0.5) is 0 Å². The summed E-state index contributed by atoms with van der Waals surface area (Å²) in [5.41, 5.74) is 6.41. The van der Waals surface area contributed by atoms with E-state index in [0.717, 1.165) is 24.8 Å². The lowest BCUT2D eigenvalue weighted by atomic mass is 9.84. The van der Waals surface area contributed by atoms with Gasteiger partial charge in [-0.1, -0.05) is 0 Å². The third-order valence-corrected chi connectivity index (χ3v) is 5.17. The van der Waals surface area contributed by atoms with Crippen molar-refractivity contribution in [1.29, 1.82) is 0 Å². The highest BCUT2D eigenvalue weighted by atomic mass is 15.3. The number of rotatable bonds is 1. The van der Waals surface area contributed by atoms with E-state index in [9.17, 15) is 0 Å². The van der Waals surface area contributed by atoms with E-state index in [1.54, 1.807) is 0 Å². The summed E-state index contributed by atoms with van der Waals surface area (Å²) in [6.45, 7) is 1.11. The molecule has 4 heteroatoms. The maximum absolute atomic E-state index is 6.41. The molecule has 1 aliphatic heterocycles. The molecule has 4 atom stereocenters. The summed E-state index contributed by atoms with van der Waals surface area (Å²) in [5, 5.41) is 8.86. The van der Waals surface area contributed by atoms with Crippen LogP contribution in [0.15, 0.2) is 0 Å². The van der Waals surface area contributed by atoms with E-state index >= 15 is 0 Å². The Morgan fingerprint density at radius 3 is 2.82 bits per heavy atom. The van der Waals surface area contributed by atoms with Gasteiger partial charge in [0.25, 0.3) is 0 Å². The van der Waals surface area contributed by atoms with Crippen molar-refractivity contribution in [2.45, 2.75) is 57.0 Å². The van der Waals surface area contributed by atoms with Gasteiger partial charge in [0.2, 0.25) is 0 Å². The van der Waals surface area contributed by atoms with Gasteiger partial charge in [0.05, 0.1) is 0 Å². The Balaban J connectivity index is 1.73. The van der Waals surface area contributed by atoms with Crippen molar-refractivity contribution in [3.05, 3.63) is 11.6 Å². The SMILES string of the molecule is NC1C2CCC(C2)C1c1nnc2n1CCCC2. The zero-order valence-corrected chi connectivity index (χ0v) is 10.2. The molecule has 2 N–H and O–H groups in total. The molecule has 0 amide bonds. The van der Waals surface area contributed by atoms with Gasteiger partial charge in [-0.15, -0.1) is 10.2 Å². The predicted molar refractivity (Wildman–Crippen MR) is 64.5 cm³/mol. The van der Waals surface area contributed by atoms with Gasteiger partial charge < -0.3 is 10.3 Å². The van der Waals surface area contributed by atoms with E-state index in [1.165, 1.54) is 43.8 Å². The molecule has 0 radical (unpaired) electrons. The Morgan fingerprint density at radius 2 is 2.00 bits per heavy atom. The molecule has 4 rings (SSSR count). The second kappa shape index (κ2) is 3.55. The topological polar surface area (TPSA) is 56.7 Å². The van der Waals surface area contributed by atoms with Gasteiger partial charge in [-0.3, -0.25) is 0 Å². The van der Waals surface area contributed by atoms with Crippen molar-refractivity contribution in [3.8, 4) is 0 Å². The standard InChI is InChI=1S/C13H20N4/c14-12-9-5-4-8(7-9)11(12)13-16-15-10-3-1-2-6-17(10)13/h8-9,11-12H,1-7,14H2. The molecule has 1 aromatic heterocycles. The van der Waals surface area contributed by atoms with Crippen LogP contribution in [0.1, 0.15) is 49.7 Å².